The van der Waals surface area contributed by atoms with E-state index in [0.29, 0.717) is 23.3 Å². The number of rotatable bonds is 40. The Labute approximate surface area is 524 Å². The van der Waals surface area contributed by atoms with Gasteiger partial charge in [0, 0.05) is 25.8 Å². The van der Waals surface area contributed by atoms with Gasteiger partial charge < -0.3 is 90.4 Å². The number of amides is 11. The second kappa shape index (κ2) is 38.5. The first kappa shape index (κ1) is 75.3. The second-order valence-electron chi connectivity index (χ2n) is 22.0. The van der Waals surface area contributed by atoms with Crippen molar-refractivity contribution in [2.75, 3.05) is 31.6 Å². The average Bonchev–Trinajstić information content (AvgIpc) is 1.73. The third-order valence-electron chi connectivity index (χ3n) is 14.1. The standard InChI is InChI=1S/C58H85N13O18S/c1-31(2)25-39(53(83)66-38(58(88)89)21-24-90-4)64-46(74)30-62-51(81)40(27-34-15-17-35(72)18-16-34)67-54(84)41(26-33-11-6-5-7-12-33)68-52(82)37(13-8-9-22-59)65-55(85)42(28-45(61)73)69-56(86)44-14-10-23-71(44)57(87)43(29-48(77)78)70-49(79)32(3)63-50(80)36(60)19-20-47(75)76/h5-7,11-12,15-18,31-32,36-44,72H,8-10,13-14,19-30,59-60H2,1-4H3,(H2,61,73)(H,62,81)(H,63,80)(H,64,74)(H,65,85)(H,66,83)(H,67,84)(H,68,82)(H,69,86)(H,70,79)(H,75,76)(H,77,78)(H,88,89)/t32-,36-,37-,38-,39-,40-,41-,42-,43-,44-/m0/s1. The number of nitrogens with two attached hydrogens (primary N) is 3. The van der Waals surface area contributed by atoms with Crippen molar-refractivity contribution in [2.24, 2.45) is 23.1 Å². The van der Waals surface area contributed by atoms with Gasteiger partial charge in [-0.3, -0.25) is 62.3 Å². The maximum atomic E-state index is 14.6. The summed E-state index contributed by atoms with van der Waals surface area (Å²) in [4.78, 5) is 186. The maximum Gasteiger partial charge on any atom is 0.326 e. The molecule has 0 bridgehead atoms. The molecule has 1 aliphatic heterocycles. The number of hydrogen-bond acceptors (Lipinski definition) is 18. The number of phenols is 1. The molecule has 496 valence electrons. The van der Waals surface area contributed by atoms with Crippen molar-refractivity contribution in [1.82, 2.24) is 52.8 Å². The molecule has 2 aromatic carbocycles. The lowest BCUT2D eigenvalue weighted by Crippen LogP contribution is -2.60. The smallest absolute Gasteiger partial charge is 0.326 e. The van der Waals surface area contributed by atoms with E-state index in [-0.39, 0.29) is 82.5 Å². The predicted molar refractivity (Wildman–Crippen MR) is 325 cm³/mol. The molecule has 90 heavy (non-hydrogen) atoms. The van der Waals surface area contributed by atoms with Gasteiger partial charge in [-0.2, -0.15) is 11.8 Å². The van der Waals surface area contributed by atoms with E-state index in [1.54, 1.807) is 50.4 Å². The molecule has 0 saturated carbocycles. The predicted octanol–water partition coefficient (Wildman–Crippen LogP) is -3.26. The molecule has 0 unspecified atom stereocenters. The van der Waals surface area contributed by atoms with Gasteiger partial charge in [0.15, 0.2) is 0 Å². The van der Waals surface area contributed by atoms with E-state index >= 15 is 0 Å². The van der Waals surface area contributed by atoms with Gasteiger partial charge in [-0.05, 0) is 106 Å². The number of aromatic hydroxyl groups is 1. The summed E-state index contributed by atoms with van der Waals surface area (Å²) in [5.41, 5.74) is 18.0. The second-order valence-corrected chi connectivity index (χ2v) is 23.0. The summed E-state index contributed by atoms with van der Waals surface area (Å²) < 4.78 is 0. The highest BCUT2D eigenvalue weighted by Crippen LogP contribution is 2.21. The molecule has 1 heterocycles. The van der Waals surface area contributed by atoms with Crippen LogP contribution in [0.15, 0.2) is 54.6 Å². The van der Waals surface area contributed by atoms with Gasteiger partial charge in [-0.15, -0.1) is 0 Å². The Hall–Kier alpha value is -8.91. The van der Waals surface area contributed by atoms with Crippen molar-refractivity contribution < 1.29 is 87.5 Å². The fourth-order valence-corrected chi connectivity index (χ4v) is 9.84. The van der Waals surface area contributed by atoms with E-state index in [4.69, 9.17) is 22.3 Å². The number of thioether (sulfide) groups is 1. The fourth-order valence-electron chi connectivity index (χ4n) is 9.37. The number of carbonyl (C=O) groups is 14. The molecule has 1 aliphatic rings. The molecule has 1 fully saturated rings. The third kappa shape index (κ3) is 26.8. The van der Waals surface area contributed by atoms with Crippen LogP contribution in [0, 0.1) is 5.92 Å². The molecule has 0 spiro atoms. The summed E-state index contributed by atoms with van der Waals surface area (Å²) in [6.07, 6.45) is -0.446. The molecular formula is C58H85N13O18S. The van der Waals surface area contributed by atoms with Crippen LogP contribution in [0.25, 0.3) is 0 Å². The van der Waals surface area contributed by atoms with Gasteiger partial charge in [0.05, 0.1) is 25.4 Å². The van der Waals surface area contributed by atoms with Crippen LogP contribution < -0.4 is 65.1 Å². The molecule has 0 aromatic heterocycles. The monoisotopic (exact) mass is 1280 g/mol. The number of nitrogens with zero attached hydrogens (tertiary/aromatic N) is 1. The molecule has 19 N–H and O–H groups in total. The van der Waals surface area contributed by atoms with Gasteiger partial charge in [-0.1, -0.05) is 56.3 Å². The van der Waals surface area contributed by atoms with Gasteiger partial charge in [0.2, 0.25) is 65.0 Å². The van der Waals surface area contributed by atoms with E-state index in [9.17, 15) is 82.4 Å². The van der Waals surface area contributed by atoms with Gasteiger partial charge in [0.1, 0.15) is 60.1 Å². The lowest BCUT2D eigenvalue weighted by Gasteiger charge is -2.30. The van der Waals surface area contributed by atoms with Gasteiger partial charge in [0.25, 0.3) is 0 Å². The summed E-state index contributed by atoms with van der Waals surface area (Å²) in [6.45, 7) is 4.06. The SMILES string of the molecule is CSCC[C@H](NC(=O)[C@H](CC(C)C)NC(=O)CNC(=O)[C@H](Cc1ccc(O)cc1)NC(=O)[C@H](Cc1ccccc1)NC(=O)[C@H](CCCCN)NC(=O)[C@H](CC(N)=O)NC(=O)[C@@H]1CCCN1C(=O)[C@H](CC(=O)O)NC(=O)[C@H](C)NC(=O)[C@@H](N)CCC(=O)O)C(=O)O. The van der Waals surface area contributed by atoms with Crippen LogP contribution in [0.4, 0.5) is 0 Å². The lowest BCUT2D eigenvalue weighted by molar-refractivity contribution is -0.146. The molecule has 10 atom stereocenters. The van der Waals surface area contributed by atoms with Crippen molar-refractivity contribution >= 4 is 94.6 Å². The minimum Gasteiger partial charge on any atom is -0.508 e. The average molecular weight is 1280 g/mol. The number of primary amides is 1. The van der Waals surface area contributed by atoms with Crippen LogP contribution in [0.1, 0.15) is 103 Å². The number of carbonyl (C=O) groups excluding carboxylic acids is 11. The molecule has 2 aromatic rings. The minimum absolute atomic E-state index is 0.0473. The van der Waals surface area contributed by atoms with Crippen LogP contribution in [0.5, 0.6) is 5.75 Å². The Morgan fingerprint density at radius 1 is 0.600 bits per heavy atom. The minimum atomic E-state index is -1.81. The zero-order valence-corrected chi connectivity index (χ0v) is 51.5. The molecule has 32 heteroatoms. The molecule has 11 amide bonds. The van der Waals surface area contributed by atoms with Gasteiger partial charge >= 0.3 is 17.9 Å². The summed E-state index contributed by atoms with van der Waals surface area (Å²) in [5, 5.41) is 60.6. The van der Waals surface area contributed by atoms with Crippen molar-refractivity contribution in [2.45, 2.75) is 165 Å². The first-order chi connectivity index (χ1) is 42.5. The van der Waals surface area contributed by atoms with Gasteiger partial charge in [-0.25, -0.2) is 4.79 Å². The Balaban J connectivity index is 1.90. The highest BCUT2D eigenvalue weighted by molar-refractivity contribution is 7.98. The van der Waals surface area contributed by atoms with Crippen molar-refractivity contribution in [3.63, 3.8) is 0 Å². The highest BCUT2D eigenvalue weighted by atomic mass is 32.2. The number of carboxylic acids is 3. The van der Waals surface area contributed by atoms with Crippen molar-refractivity contribution in [1.29, 1.82) is 0 Å². The quantitative estimate of drug-likeness (QED) is 0.0291. The number of phenolic OH excluding ortho intramolecular Hbond substituents is 1. The molecule has 3 rings (SSSR count). The Kier molecular flexibility index (Phi) is 32.2. The van der Waals surface area contributed by atoms with Crippen molar-refractivity contribution in [3.05, 3.63) is 65.7 Å². The Morgan fingerprint density at radius 2 is 1.17 bits per heavy atom. The Morgan fingerprint density at radius 3 is 1.74 bits per heavy atom. The number of aliphatic carboxylic acids is 3. The normalized spacial score (nSPS) is 15.7. The number of nitrogens with one attached hydrogen (secondary N) is 9. The van der Waals surface area contributed by atoms with Crippen LogP contribution >= 0.6 is 11.8 Å². The van der Waals surface area contributed by atoms with Crippen LogP contribution in [-0.2, 0) is 80.0 Å². The Bertz CT molecular complexity index is 2830. The lowest BCUT2D eigenvalue weighted by atomic mass is 10.0. The summed E-state index contributed by atoms with van der Waals surface area (Å²) in [5.74, 6) is -14.4. The first-order valence-corrected chi connectivity index (χ1v) is 30.6. The molecule has 31 nitrogen and oxygen atoms in total. The number of hydrogen-bond donors (Lipinski definition) is 16. The van der Waals surface area contributed by atoms with E-state index in [1.807, 2.05) is 0 Å². The van der Waals surface area contributed by atoms with Crippen LogP contribution in [0.2, 0.25) is 0 Å². The molecule has 0 aliphatic carbocycles. The van der Waals surface area contributed by atoms with E-state index < -0.39 is 169 Å². The maximum absolute atomic E-state index is 14.6. The molecule has 1 saturated heterocycles. The fraction of sp³-hybridized carbons (Fsp3) is 0.552. The molecule has 0 radical (unpaired) electrons. The molecular weight excluding hydrogens is 1200 g/mol. The van der Waals surface area contributed by atoms with E-state index in [2.05, 4.69) is 47.9 Å². The number of likely N-dealkylation sites (tertiary alicyclic amines) is 1. The number of unbranched alkanes of at least 4 members (excludes halogenated alkanes) is 1. The van der Waals surface area contributed by atoms with E-state index in [0.717, 1.165) is 4.90 Å². The number of carboxylic acid groups (broad SMARTS) is 3. The zero-order valence-electron chi connectivity index (χ0n) is 50.7. The van der Waals surface area contributed by atoms with Crippen LogP contribution in [-0.4, -0.2) is 200 Å². The van der Waals surface area contributed by atoms with E-state index in [1.165, 1.54) is 43.0 Å². The summed E-state index contributed by atoms with van der Waals surface area (Å²) in [6, 6.07) is -0.718. The summed E-state index contributed by atoms with van der Waals surface area (Å²) in [7, 11) is 0. The summed E-state index contributed by atoms with van der Waals surface area (Å²) >= 11 is 1.38. The first-order valence-electron chi connectivity index (χ1n) is 29.2. The highest BCUT2D eigenvalue weighted by Gasteiger charge is 2.41. The topological polar surface area (TPSA) is 509 Å². The third-order valence-corrected chi connectivity index (χ3v) is 14.8. The van der Waals surface area contributed by atoms with Crippen molar-refractivity contribution in [3.8, 4) is 5.75 Å². The van der Waals surface area contributed by atoms with Crippen LogP contribution in [0.3, 0.4) is 0 Å². The number of benzene rings is 2. The largest absolute Gasteiger partial charge is 0.508 e. The zero-order chi connectivity index (χ0) is 67.2.